The molecule has 4 heterocycles. The Kier molecular flexibility index (Phi) is 26.6. The van der Waals surface area contributed by atoms with Gasteiger partial charge in [0, 0.05) is 86.8 Å². The van der Waals surface area contributed by atoms with Crippen molar-refractivity contribution < 1.29 is 92.6 Å². The lowest BCUT2D eigenvalue weighted by Crippen LogP contribution is -2.68. The summed E-state index contributed by atoms with van der Waals surface area (Å²) >= 11 is 0. The number of carbonyl (C=O) groups is 11. The van der Waals surface area contributed by atoms with Crippen LogP contribution in [0.4, 0.5) is 35.1 Å². The fraction of sp³-hybridized carbons (Fsp3) is 0.653. The average molecular weight is 1460 g/mol. The molecule has 103 heavy (non-hydrogen) atoms. The molecule has 11 amide bonds. The van der Waals surface area contributed by atoms with Gasteiger partial charge in [0.15, 0.2) is 0 Å². The summed E-state index contributed by atoms with van der Waals surface area (Å²) in [6.07, 6.45) is -5.00. The maximum atomic E-state index is 15.4. The number of nitrogens with zero attached hydrogens (tertiary/aromatic N) is 8. The van der Waals surface area contributed by atoms with Crippen LogP contribution in [0.2, 0.25) is 0 Å². The van der Waals surface area contributed by atoms with Gasteiger partial charge in [-0.3, -0.25) is 52.7 Å². The van der Waals surface area contributed by atoms with Crippen molar-refractivity contribution >= 4 is 65.0 Å². The van der Waals surface area contributed by atoms with Gasteiger partial charge in [-0.1, -0.05) is 64.3 Å². The molecule has 5 fully saturated rings. The number of hydrogen-bond acceptors (Lipinski definition) is 12. The predicted octanol–water partition coefficient (Wildman–Crippen LogP) is 6.18. The largest absolute Gasteiger partial charge is 0.422 e. The van der Waals surface area contributed by atoms with Gasteiger partial charge in [-0.25, -0.2) is 8.78 Å². The molecule has 2 bridgehead atoms. The Morgan fingerprint density at radius 2 is 1.28 bits per heavy atom. The van der Waals surface area contributed by atoms with Gasteiger partial charge in [0.1, 0.15) is 65.0 Å². The number of halogens is 8. The van der Waals surface area contributed by atoms with Crippen molar-refractivity contribution in [2.75, 3.05) is 74.6 Å². The highest BCUT2D eigenvalue weighted by molar-refractivity contribution is 6.00. The number of carbonyl (C=O) groups excluding carboxylic acids is 11. The van der Waals surface area contributed by atoms with Crippen LogP contribution in [-0.2, 0) is 82.7 Å². The van der Waals surface area contributed by atoms with Gasteiger partial charge in [0.2, 0.25) is 65.0 Å². The van der Waals surface area contributed by atoms with E-state index in [1.54, 1.807) is 44.7 Å². The van der Waals surface area contributed by atoms with Gasteiger partial charge in [0.05, 0.1) is 24.8 Å². The van der Waals surface area contributed by atoms with Crippen molar-refractivity contribution in [1.29, 1.82) is 0 Å². The fourth-order valence-corrected chi connectivity index (χ4v) is 15.3. The summed E-state index contributed by atoms with van der Waals surface area (Å²) < 4.78 is 120. The van der Waals surface area contributed by atoms with Crippen LogP contribution in [-0.4, -0.2) is 239 Å². The molecule has 0 aromatic heterocycles. The lowest BCUT2D eigenvalue weighted by atomic mass is 9.74. The van der Waals surface area contributed by atoms with E-state index in [0.717, 1.165) is 68.7 Å². The molecule has 568 valence electrons. The molecule has 6 aliphatic rings. The lowest BCUT2D eigenvalue weighted by molar-refractivity contribution is -0.156. The van der Waals surface area contributed by atoms with Crippen molar-refractivity contribution in [3.63, 3.8) is 0 Å². The van der Waals surface area contributed by atoms with E-state index in [-0.39, 0.29) is 88.2 Å². The minimum absolute atomic E-state index is 0.0866. The van der Waals surface area contributed by atoms with Crippen molar-refractivity contribution in [2.45, 2.75) is 216 Å². The van der Waals surface area contributed by atoms with E-state index >= 15 is 37.5 Å². The van der Waals surface area contributed by atoms with Crippen LogP contribution in [0.3, 0.4) is 0 Å². The van der Waals surface area contributed by atoms with E-state index in [2.05, 4.69) is 16.0 Å². The summed E-state index contributed by atoms with van der Waals surface area (Å²) in [7, 11) is 6.74. The van der Waals surface area contributed by atoms with Gasteiger partial charge >= 0.3 is 12.4 Å². The molecule has 3 saturated heterocycles. The fourth-order valence-electron chi connectivity index (χ4n) is 15.3. The van der Waals surface area contributed by atoms with Crippen LogP contribution in [0.5, 0.6) is 0 Å². The molecular weight excluding hydrogens is 1360 g/mol. The molecule has 3 N–H and O–H groups in total. The predicted molar refractivity (Wildman–Crippen MR) is 359 cm³/mol. The second-order valence-corrected chi connectivity index (χ2v) is 28.4. The topological polar surface area (TPSA) is 259 Å². The van der Waals surface area contributed by atoms with E-state index < -0.39 is 198 Å². The number of benzene rings is 2. The quantitative estimate of drug-likeness (QED) is 0.168. The zero-order valence-corrected chi connectivity index (χ0v) is 59.9. The Morgan fingerprint density at radius 3 is 1.87 bits per heavy atom. The first kappa shape index (κ1) is 80.4. The third kappa shape index (κ3) is 18.6. The average Bonchev–Trinajstić information content (AvgIpc) is 1.74. The molecular formula is C72H97F8N11O12. The molecule has 8 rings (SSSR count). The van der Waals surface area contributed by atoms with Gasteiger partial charge in [-0.15, -0.1) is 0 Å². The summed E-state index contributed by atoms with van der Waals surface area (Å²) in [4.78, 5) is 174. The van der Waals surface area contributed by atoms with E-state index in [9.17, 15) is 50.3 Å². The minimum Gasteiger partial charge on any atom is -0.377 e. The molecule has 0 unspecified atom stereocenters. The molecule has 4 aliphatic heterocycles. The normalized spacial score (nSPS) is 27.3. The van der Waals surface area contributed by atoms with Crippen molar-refractivity contribution in [3.05, 3.63) is 82.4 Å². The summed E-state index contributed by atoms with van der Waals surface area (Å²) in [6, 6.07) is -5.72. The van der Waals surface area contributed by atoms with E-state index in [1.807, 2.05) is 0 Å². The Hall–Kier alpha value is -8.25. The zero-order chi connectivity index (χ0) is 75.7. The maximum Gasteiger partial charge on any atom is 0.422 e. The molecule has 0 radical (unpaired) electrons. The van der Waals surface area contributed by atoms with Crippen LogP contribution in [0.25, 0.3) is 0 Å². The molecule has 2 aromatic carbocycles. The van der Waals surface area contributed by atoms with Gasteiger partial charge in [-0.2, -0.15) is 26.3 Å². The standard InChI is InChI=1S/C72H97F8N11O12/c1-10-42(4)60-67(100)85(6)41-58(94)87(8)53-23-14-13-17-32-90(66(53)99)55(36-43-24-27-46(28-25-43)71(75,76)77)65(98)84(5)40-56(92)81-51(29-26-44-34-49(73)59(50(74)35-44)72(78,79)80)64(97)91-39-48(103-12-3)38-54(91)63(96)83-70(30-19-31-70)69(102)88(9)61(45-20-15-16-21-45)68(101)89-33-18-22-47(89)37-57(93)86(7)52(11-2)62(95)82-60/h13-14,24-25,27-28,34-35,42,45,47-48,51-55,60-61H,10-12,15-23,26,29-33,36-41H2,1-9H3,(H,81,92)(H,82,95)(H,83,96)/b14-13-/t42-,47+,48+,51-,52-,53+,54-,55-,60-,61-/m0/s1. The number of nitrogens with one attached hydrogen (secondary N) is 3. The van der Waals surface area contributed by atoms with Crippen LogP contribution in [0.15, 0.2) is 48.6 Å². The summed E-state index contributed by atoms with van der Waals surface area (Å²) in [5.41, 5.74) is -5.08. The number of fused-ring (bicyclic) bond motifs is 4. The highest BCUT2D eigenvalue weighted by atomic mass is 19.4. The minimum atomic E-state index is -5.44. The second-order valence-electron chi connectivity index (χ2n) is 28.4. The summed E-state index contributed by atoms with van der Waals surface area (Å²) in [5.74, 6) is -13.1. The number of alkyl halides is 6. The first-order chi connectivity index (χ1) is 48.5. The van der Waals surface area contributed by atoms with E-state index in [0.29, 0.717) is 50.7 Å². The molecule has 1 spiro atoms. The van der Waals surface area contributed by atoms with Crippen LogP contribution >= 0.6 is 0 Å². The Morgan fingerprint density at radius 1 is 0.631 bits per heavy atom. The number of aryl methyl sites for hydroxylation is 1. The van der Waals surface area contributed by atoms with Crippen molar-refractivity contribution in [3.8, 4) is 0 Å². The Bertz CT molecular complexity index is 3470. The molecule has 2 aromatic rings. The highest BCUT2D eigenvalue weighted by Gasteiger charge is 2.54. The van der Waals surface area contributed by atoms with Crippen LogP contribution in [0.1, 0.15) is 153 Å². The van der Waals surface area contributed by atoms with Gasteiger partial charge in [-0.05, 0) is 131 Å². The first-order valence-corrected chi connectivity index (χ1v) is 35.7. The third-order valence-electron chi connectivity index (χ3n) is 21.6. The van der Waals surface area contributed by atoms with Crippen LogP contribution < -0.4 is 16.0 Å². The zero-order valence-electron chi connectivity index (χ0n) is 59.9. The Balaban J connectivity index is 1.19. The van der Waals surface area contributed by atoms with Crippen molar-refractivity contribution in [2.24, 2.45) is 11.8 Å². The molecule has 23 nitrogen and oxygen atoms in total. The summed E-state index contributed by atoms with van der Waals surface area (Å²) in [6.45, 7) is 5.10. The number of ether oxygens (including phenoxy) is 1. The molecule has 2 saturated carbocycles. The summed E-state index contributed by atoms with van der Waals surface area (Å²) in [5, 5.41) is 8.33. The van der Waals surface area contributed by atoms with Gasteiger partial charge < -0.3 is 59.9 Å². The highest BCUT2D eigenvalue weighted by Crippen LogP contribution is 2.40. The third-order valence-corrected chi connectivity index (χ3v) is 21.6. The maximum absolute atomic E-state index is 15.4. The van der Waals surface area contributed by atoms with Crippen molar-refractivity contribution in [1.82, 2.24) is 55.1 Å². The molecule has 31 heteroatoms. The monoisotopic (exact) mass is 1460 g/mol. The van der Waals surface area contributed by atoms with E-state index in [4.69, 9.17) is 4.74 Å². The molecule has 2 aliphatic carbocycles. The smallest absolute Gasteiger partial charge is 0.377 e. The first-order valence-electron chi connectivity index (χ1n) is 35.7. The lowest BCUT2D eigenvalue weighted by Gasteiger charge is -2.46. The number of hydrogen-bond donors (Lipinski definition) is 3. The number of rotatable bonds is 11. The molecule has 10 atom stereocenters. The van der Waals surface area contributed by atoms with Crippen LogP contribution in [0, 0.1) is 23.5 Å². The number of likely N-dealkylation sites (N-methyl/N-ethyl adjacent to an activating group) is 5. The SMILES string of the molecule is CCO[C@@H]1C[C@H]2C(=O)NC3(CCC3)C(=O)N(C)[C@@H](C3CCCC3)C(=O)N3CCC[C@@H]3CC(=O)N(C)[C@@H](CC)C(=O)N[C@@H]([C@@H](C)CC)C(=O)N(C)CC(=O)N(C)[C@@H]3C/C=C\CCN(C3=O)[C@@H](Cc3ccc(C(F)(F)F)cc3)C(=O)N(C)CC(=O)N[C@@H](CCc3cc(F)c(C(F)(F)F)c(F)c3)C(=O)N2C1. The second kappa shape index (κ2) is 34.1. The Labute approximate surface area is 595 Å². The van der Waals surface area contributed by atoms with Gasteiger partial charge in [0.25, 0.3) is 0 Å². The number of amides is 11. The van der Waals surface area contributed by atoms with E-state index in [1.165, 1.54) is 38.0 Å².